The molecule has 0 N–H and O–H groups in total. The zero-order valence-corrected chi connectivity index (χ0v) is 12.4. The van der Waals surface area contributed by atoms with Crippen LogP contribution in [0.4, 0.5) is 0 Å². The number of rotatable bonds is 2. The lowest BCUT2D eigenvalue weighted by Crippen LogP contribution is -2.20. The molecule has 0 saturated heterocycles. The predicted octanol–water partition coefficient (Wildman–Crippen LogP) is 2.79. The molecule has 0 bridgehead atoms. The molecule has 0 radical (unpaired) electrons. The summed E-state index contributed by atoms with van der Waals surface area (Å²) >= 11 is 1.47. The van der Waals surface area contributed by atoms with Crippen molar-refractivity contribution >= 4 is 21.6 Å². The SMILES string of the molecule is CC(C)(C)c1cc(Cn2cnc3sccc3c2=O)no1. The van der Waals surface area contributed by atoms with Gasteiger partial charge < -0.3 is 4.52 Å². The molecule has 5 nitrogen and oxygen atoms in total. The van der Waals surface area contributed by atoms with Gasteiger partial charge in [-0.1, -0.05) is 25.9 Å². The Bertz CT molecular complexity index is 808. The third-order valence-electron chi connectivity index (χ3n) is 3.08. The first kappa shape index (κ1) is 13.1. The topological polar surface area (TPSA) is 60.9 Å². The summed E-state index contributed by atoms with van der Waals surface area (Å²) < 4.78 is 6.88. The second-order valence-electron chi connectivity index (χ2n) is 5.75. The van der Waals surface area contributed by atoms with Crippen molar-refractivity contribution in [2.24, 2.45) is 0 Å². The number of nitrogens with zero attached hydrogens (tertiary/aromatic N) is 3. The van der Waals surface area contributed by atoms with Gasteiger partial charge in [0.05, 0.1) is 18.3 Å². The van der Waals surface area contributed by atoms with Crippen LogP contribution in [0.5, 0.6) is 0 Å². The van der Waals surface area contributed by atoms with Crippen LogP contribution >= 0.6 is 11.3 Å². The van der Waals surface area contributed by atoms with Gasteiger partial charge in [0.1, 0.15) is 16.3 Å². The first-order valence-electron chi connectivity index (χ1n) is 6.34. The standard InChI is InChI=1S/C14H15N3O2S/c1-14(2,3)11-6-9(16-19-11)7-17-8-15-12-10(13(17)18)4-5-20-12/h4-6,8H,7H2,1-3H3. The highest BCUT2D eigenvalue weighted by Gasteiger charge is 2.20. The lowest BCUT2D eigenvalue weighted by molar-refractivity contribution is 0.325. The van der Waals surface area contributed by atoms with Gasteiger partial charge in [0.15, 0.2) is 0 Å². The van der Waals surface area contributed by atoms with E-state index in [1.165, 1.54) is 11.3 Å². The Morgan fingerprint density at radius 1 is 1.40 bits per heavy atom. The Morgan fingerprint density at radius 2 is 2.20 bits per heavy atom. The van der Waals surface area contributed by atoms with Gasteiger partial charge in [-0.25, -0.2) is 4.98 Å². The summed E-state index contributed by atoms with van der Waals surface area (Å²) in [6.45, 7) is 6.55. The van der Waals surface area contributed by atoms with Crippen molar-refractivity contribution in [3.8, 4) is 0 Å². The molecule has 0 aliphatic carbocycles. The zero-order valence-electron chi connectivity index (χ0n) is 11.6. The van der Waals surface area contributed by atoms with E-state index >= 15 is 0 Å². The number of hydrogen-bond donors (Lipinski definition) is 0. The lowest BCUT2D eigenvalue weighted by Gasteiger charge is -2.12. The second kappa shape index (κ2) is 4.56. The molecular formula is C14H15N3O2S. The van der Waals surface area contributed by atoms with Gasteiger partial charge in [-0.3, -0.25) is 9.36 Å². The average Bonchev–Trinajstić information content (AvgIpc) is 3.01. The molecule has 3 heterocycles. The largest absolute Gasteiger partial charge is 0.361 e. The summed E-state index contributed by atoms with van der Waals surface area (Å²) in [6.07, 6.45) is 1.56. The molecule has 0 spiro atoms. The van der Waals surface area contributed by atoms with Gasteiger partial charge in [-0.05, 0) is 11.4 Å². The van der Waals surface area contributed by atoms with Crippen LogP contribution in [0, 0.1) is 0 Å². The maximum atomic E-state index is 12.3. The number of fused-ring (bicyclic) bond motifs is 1. The van der Waals surface area contributed by atoms with Crippen molar-refractivity contribution in [3.05, 3.63) is 45.6 Å². The summed E-state index contributed by atoms with van der Waals surface area (Å²) in [7, 11) is 0. The lowest BCUT2D eigenvalue weighted by atomic mass is 9.93. The van der Waals surface area contributed by atoms with Gasteiger partial charge in [0.2, 0.25) is 0 Å². The highest BCUT2D eigenvalue weighted by atomic mass is 32.1. The molecule has 0 amide bonds. The first-order chi connectivity index (χ1) is 9.45. The first-order valence-corrected chi connectivity index (χ1v) is 7.22. The molecule has 20 heavy (non-hydrogen) atoms. The third kappa shape index (κ3) is 2.27. The Kier molecular flexibility index (Phi) is 2.97. The third-order valence-corrected chi connectivity index (χ3v) is 3.90. The highest BCUT2D eigenvalue weighted by molar-refractivity contribution is 7.16. The normalized spacial score (nSPS) is 12.2. The van der Waals surface area contributed by atoms with Crippen molar-refractivity contribution in [2.45, 2.75) is 32.7 Å². The van der Waals surface area contributed by atoms with Crippen molar-refractivity contribution in [1.82, 2.24) is 14.7 Å². The molecule has 3 rings (SSSR count). The van der Waals surface area contributed by atoms with Gasteiger partial charge in [0, 0.05) is 11.5 Å². The van der Waals surface area contributed by atoms with Crippen molar-refractivity contribution < 1.29 is 4.52 Å². The van der Waals surface area contributed by atoms with Crippen LogP contribution < -0.4 is 5.56 Å². The quantitative estimate of drug-likeness (QED) is 0.728. The van der Waals surface area contributed by atoms with Gasteiger partial charge in [0.25, 0.3) is 5.56 Å². The minimum atomic E-state index is -0.0915. The minimum Gasteiger partial charge on any atom is -0.361 e. The molecule has 3 aromatic heterocycles. The van der Waals surface area contributed by atoms with E-state index in [0.717, 1.165) is 16.3 Å². The molecule has 6 heteroatoms. The number of aromatic nitrogens is 3. The molecule has 0 fully saturated rings. The van der Waals surface area contributed by atoms with Crippen molar-refractivity contribution in [1.29, 1.82) is 0 Å². The van der Waals surface area contributed by atoms with E-state index in [1.54, 1.807) is 17.0 Å². The summed E-state index contributed by atoms with van der Waals surface area (Å²) in [5.74, 6) is 0.810. The van der Waals surface area contributed by atoms with Crippen molar-refractivity contribution in [3.63, 3.8) is 0 Å². The Balaban J connectivity index is 1.95. The van der Waals surface area contributed by atoms with Crippen LogP contribution in [-0.2, 0) is 12.0 Å². The van der Waals surface area contributed by atoms with Crippen LogP contribution in [0.25, 0.3) is 10.2 Å². The molecular weight excluding hydrogens is 274 g/mol. The molecule has 0 aliphatic heterocycles. The zero-order chi connectivity index (χ0) is 14.3. The van der Waals surface area contributed by atoms with E-state index in [2.05, 4.69) is 30.9 Å². The van der Waals surface area contributed by atoms with E-state index in [-0.39, 0.29) is 11.0 Å². The molecule has 3 aromatic rings. The average molecular weight is 289 g/mol. The fraction of sp³-hybridized carbons (Fsp3) is 0.357. The summed E-state index contributed by atoms with van der Waals surface area (Å²) in [4.78, 5) is 17.3. The molecule has 0 aliphatic rings. The number of thiophene rings is 1. The van der Waals surface area contributed by atoms with Crippen LogP contribution in [0.1, 0.15) is 32.2 Å². The van der Waals surface area contributed by atoms with Crippen LogP contribution in [-0.4, -0.2) is 14.7 Å². The smallest absolute Gasteiger partial charge is 0.262 e. The highest BCUT2D eigenvalue weighted by Crippen LogP contribution is 2.22. The summed E-state index contributed by atoms with van der Waals surface area (Å²) in [6, 6.07) is 3.69. The maximum absolute atomic E-state index is 12.3. The minimum absolute atomic E-state index is 0.0449. The summed E-state index contributed by atoms with van der Waals surface area (Å²) in [5, 5.41) is 6.55. The second-order valence-corrected chi connectivity index (χ2v) is 6.64. The van der Waals surface area contributed by atoms with Gasteiger partial charge in [-0.15, -0.1) is 11.3 Å². The Morgan fingerprint density at radius 3 is 2.90 bits per heavy atom. The Labute approximate surface area is 119 Å². The Hall–Kier alpha value is -1.95. The number of hydrogen-bond acceptors (Lipinski definition) is 5. The van der Waals surface area contributed by atoms with E-state index in [1.807, 2.05) is 11.4 Å². The van der Waals surface area contributed by atoms with Crippen molar-refractivity contribution in [2.75, 3.05) is 0 Å². The van der Waals surface area contributed by atoms with Gasteiger partial charge >= 0.3 is 0 Å². The van der Waals surface area contributed by atoms with E-state index in [4.69, 9.17) is 4.52 Å². The molecule has 0 atom stereocenters. The van der Waals surface area contributed by atoms with Crippen LogP contribution in [0.2, 0.25) is 0 Å². The molecule has 0 aromatic carbocycles. The van der Waals surface area contributed by atoms with Crippen LogP contribution in [0.3, 0.4) is 0 Å². The van der Waals surface area contributed by atoms with Crippen LogP contribution in [0.15, 0.2) is 33.2 Å². The van der Waals surface area contributed by atoms with Gasteiger partial charge in [-0.2, -0.15) is 0 Å². The summed E-state index contributed by atoms with van der Waals surface area (Å²) in [5.41, 5.74) is 0.594. The molecule has 0 unspecified atom stereocenters. The maximum Gasteiger partial charge on any atom is 0.262 e. The monoisotopic (exact) mass is 289 g/mol. The van der Waals surface area contributed by atoms with E-state index in [0.29, 0.717) is 11.9 Å². The molecule has 0 saturated carbocycles. The predicted molar refractivity (Wildman–Crippen MR) is 78.2 cm³/mol. The van der Waals surface area contributed by atoms with E-state index in [9.17, 15) is 4.79 Å². The molecule has 104 valence electrons. The fourth-order valence-electron chi connectivity index (χ4n) is 1.92. The fourth-order valence-corrected chi connectivity index (χ4v) is 2.64. The van der Waals surface area contributed by atoms with E-state index < -0.39 is 0 Å².